The second kappa shape index (κ2) is 3.43. The van der Waals surface area contributed by atoms with Gasteiger partial charge in [0.25, 0.3) is 0 Å². The topological polar surface area (TPSA) is 38.0 Å². The summed E-state index contributed by atoms with van der Waals surface area (Å²) in [5, 5.41) is 11.9. The van der Waals surface area contributed by atoms with Crippen LogP contribution in [0.4, 0.5) is 8.78 Å². The molecular formula is C6H8F2N2O. The summed E-state index contributed by atoms with van der Waals surface area (Å²) in [6.07, 6.45) is 1.51. The van der Waals surface area contributed by atoms with Crippen LogP contribution < -0.4 is 0 Å². The minimum atomic E-state index is -2.59. The van der Waals surface area contributed by atoms with Gasteiger partial charge in [-0.05, 0) is 6.07 Å². The second-order valence-electron chi connectivity index (χ2n) is 2.04. The molecule has 0 saturated carbocycles. The van der Waals surface area contributed by atoms with Crippen molar-refractivity contribution < 1.29 is 13.9 Å². The van der Waals surface area contributed by atoms with Gasteiger partial charge >= 0.3 is 6.55 Å². The fourth-order valence-electron chi connectivity index (χ4n) is 0.734. The van der Waals surface area contributed by atoms with Crippen molar-refractivity contribution in [1.82, 2.24) is 9.78 Å². The average molecular weight is 162 g/mol. The SMILES string of the molecule is OCCc1ccn(C(F)F)n1. The molecule has 0 amide bonds. The number of nitrogens with zero attached hydrogens (tertiary/aromatic N) is 2. The number of rotatable bonds is 3. The Morgan fingerprint density at radius 1 is 1.64 bits per heavy atom. The molecule has 1 aromatic heterocycles. The highest BCUT2D eigenvalue weighted by atomic mass is 19.3. The largest absolute Gasteiger partial charge is 0.396 e. The Labute approximate surface area is 62.3 Å². The predicted molar refractivity (Wildman–Crippen MR) is 34.3 cm³/mol. The molecule has 0 aliphatic rings. The van der Waals surface area contributed by atoms with Gasteiger partial charge in [0, 0.05) is 19.2 Å². The molecule has 1 rings (SSSR count). The lowest BCUT2D eigenvalue weighted by molar-refractivity contribution is 0.0560. The first-order chi connectivity index (χ1) is 5.24. The Morgan fingerprint density at radius 3 is 2.82 bits per heavy atom. The van der Waals surface area contributed by atoms with Gasteiger partial charge in [-0.1, -0.05) is 0 Å². The summed E-state index contributed by atoms with van der Waals surface area (Å²) in [6.45, 7) is -2.66. The summed E-state index contributed by atoms with van der Waals surface area (Å²) in [5.74, 6) is 0. The quantitative estimate of drug-likeness (QED) is 0.714. The molecular weight excluding hydrogens is 154 g/mol. The van der Waals surface area contributed by atoms with Crippen molar-refractivity contribution in [3.8, 4) is 0 Å². The number of aliphatic hydroxyl groups excluding tert-OH is 1. The minimum absolute atomic E-state index is 0.0692. The summed E-state index contributed by atoms with van der Waals surface area (Å²) in [6, 6.07) is 1.46. The monoisotopic (exact) mass is 162 g/mol. The highest BCUT2D eigenvalue weighted by molar-refractivity contribution is 4.98. The molecule has 0 unspecified atom stereocenters. The van der Waals surface area contributed by atoms with Crippen LogP contribution in [0.15, 0.2) is 12.3 Å². The van der Waals surface area contributed by atoms with E-state index in [9.17, 15) is 8.78 Å². The van der Waals surface area contributed by atoms with Gasteiger partial charge in [-0.2, -0.15) is 13.9 Å². The second-order valence-corrected chi connectivity index (χ2v) is 2.04. The zero-order valence-corrected chi connectivity index (χ0v) is 5.74. The summed E-state index contributed by atoms with van der Waals surface area (Å²) in [7, 11) is 0. The third-order valence-corrected chi connectivity index (χ3v) is 1.23. The van der Waals surface area contributed by atoms with Crippen molar-refractivity contribution in [3.63, 3.8) is 0 Å². The minimum Gasteiger partial charge on any atom is -0.396 e. The normalized spacial score (nSPS) is 10.9. The standard InChI is InChI=1S/C6H8F2N2O/c7-6(8)10-3-1-5(9-10)2-4-11/h1,3,6,11H,2,4H2. The first-order valence-corrected chi connectivity index (χ1v) is 3.17. The van der Waals surface area contributed by atoms with Crippen LogP contribution in [0, 0.1) is 0 Å². The highest BCUT2D eigenvalue weighted by Crippen LogP contribution is 2.08. The maximum Gasteiger partial charge on any atom is 0.333 e. The molecule has 1 N–H and O–H groups in total. The summed E-state index contributed by atoms with van der Waals surface area (Å²) < 4.78 is 24.3. The summed E-state index contributed by atoms with van der Waals surface area (Å²) in [4.78, 5) is 0. The van der Waals surface area contributed by atoms with E-state index in [0.717, 1.165) is 0 Å². The van der Waals surface area contributed by atoms with Crippen LogP contribution in [0.3, 0.4) is 0 Å². The average Bonchev–Trinajstić information content (AvgIpc) is 2.37. The van der Waals surface area contributed by atoms with Gasteiger partial charge in [-0.15, -0.1) is 0 Å². The molecule has 0 radical (unpaired) electrons. The fraction of sp³-hybridized carbons (Fsp3) is 0.500. The van der Waals surface area contributed by atoms with Crippen LogP contribution >= 0.6 is 0 Å². The third kappa shape index (κ3) is 1.98. The number of alkyl halides is 2. The van der Waals surface area contributed by atoms with Gasteiger partial charge in [0.1, 0.15) is 0 Å². The Balaban J connectivity index is 2.66. The van der Waals surface area contributed by atoms with Crippen LogP contribution in [0.5, 0.6) is 0 Å². The zero-order valence-electron chi connectivity index (χ0n) is 5.74. The molecule has 11 heavy (non-hydrogen) atoms. The first kappa shape index (κ1) is 8.13. The van der Waals surface area contributed by atoms with E-state index in [1.54, 1.807) is 0 Å². The lowest BCUT2D eigenvalue weighted by Gasteiger charge is -1.95. The number of aromatic nitrogens is 2. The number of hydrogen-bond acceptors (Lipinski definition) is 2. The summed E-state index contributed by atoms with van der Waals surface area (Å²) >= 11 is 0. The predicted octanol–water partition coefficient (Wildman–Crippen LogP) is 0.813. The third-order valence-electron chi connectivity index (χ3n) is 1.23. The van der Waals surface area contributed by atoms with Gasteiger partial charge in [0.2, 0.25) is 0 Å². The van der Waals surface area contributed by atoms with E-state index in [0.29, 0.717) is 16.8 Å². The van der Waals surface area contributed by atoms with E-state index in [1.807, 2.05) is 0 Å². The van der Waals surface area contributed by atoms with Crippen molar-refractivity contribution >= 4 is 0 Å². The Bertz CT molecular complexity index is 224. The molecule has 0 aromatic carbocycles. The molecule has 5 heteroatoms. The van der Waals surface area contributed by atoms with Gasteiger partial charge in [-0.3, -0.25) is 0 Å². The van der Waals surface area contributed by atoms with Crippen molar-refractivity contribution in [3.05, 3.63) is 18.0 Å². The van der Waals surface area contributed by atoms with E-state index in [2.05, 4.69) is 5.10 Å². The molecule has 3 nitrogen and oxygen atoms in total. The van der Waals surface area contributed by atoms with Gasteiger partial charge in [0.15, 0.2) is 0 Å². The van der Waals surface area contributed by atoms with Crippen molar-refractivity contribution in [2.45, 2.75) is 13.0 Å². The van der Waals surface area contributed by atoms with E-state index in [1.165, 1.54) is 12.3 Å². The molecule has 0 bridgehead atoms. The number of halogens is 2. The lowest BCUT2D eigenvalue weighted by Crippen LogP contribution is -2.00. The Kier molecular flexibility index (Phi) is 2.53. The molecule has 0 fully saturated rings. The number of aliphatic hydroxyl groups is 1. The molecule has 0 aliphatic carbocycles. The van der Waals surface area contributed by atoms with Crippen molar-refractivity contribution in [2.24, 2.45) is 0 Å². The van der Waals surface area contributed by atoms with Crippen molar-refractivity contribution in [2.75, 3.05) is 6.61 Å². The van der Waals surface area contributed by atoms with E-state index < -0.39 is 6.55 Å². The lowest BCUT2D eigenvalue weighted by atomic mass is 10.3. The van der Waals surface area contributed by atoms with Crippen LogP contribution in [0.2, 0.25) is 0 Å². The van der Waals surface area contributed by atoms with Crippen LogP contribution in [0.25, 0.3) is 0 Å². The maximum atomic E-state index is 11.9. The molecule has 1 aromatic rings. The summed E-state index contributed by atoms with van der Waals surface area (Å²) in [5.41, 5.74) is 0.479. The smallest absolute Gasteiger partial charge is 0.333 e. The molecule has 0 atom stereocenters. The van der Waals surface area contributed by atoms with Gasteiger partial charge < -0.3 is 5.11 Å². The molecule has 0 aliphatic heterocycles. The molecule has 0 saturated heterocycles. The maximum absolute atomic E-state index is 11.9. The Hall–Kier alpha value is -0.970. The van der Waals surface area contributed by atoms with E-state index in [-0.39, 0.29) is 6.61 Å². The molecule has 1 heterocycles. The zero-order chi connectivity index (χ0) is 8.27. The van der Waals surface area contributed by atoms with Gasteiger partial charge in [-0.25, -0.2) is 4.68 Å². The van der Waals surface area contributed by atoms with Crippen molar-refractivity contribution in [1.29, 1.82) is 0 Å². The van der Waals surface area contributed by atoms with Crippen LogP contribution in [0.1, 0.15) is 12.2 Å². The highest BCUT2D eigenvalue weighted by Gasteiger charge is 2.06. The fourth-order valence-corrected chi connectivity index (χ4v) is 0.734. The molecule has 62 valence electrons. The number of hydrogen-bond donors (Lipinski definition) is 1. The van der Waals surface area contributed by atoms with E-state index in [4.69, 9.17) is 5.11 Å². The van der Waals surface area contributed by atoms with E-state index >= 15 is 0 Å². The van der Waals surface area contributed by atoms with Crippen LogP contribution in [-0.4, -0.2) is 21.5 Å². The van der Waals surface area contributed by atoms with Crippen LogP contribution in [-0.2, 0) is 6.42 Å². The Morgan fingerprint density at radius 2 is 2.36 bits per heavy atom. The molecule has 0 spiro atoms. The van der Waals surface area contributed by atoms with Gasteiger partial charge in [0.05, 0.1) is 5.69 Å². The first-order valence-electron chi connectivity index (χ1n) is 3.17.